The molecule has 3 heteroatoms. The van der Waals surface area contributed by atoms with Gasteiger partial charge >= 0.3 is 0 Å². The van der Waals surface area contributed by atoms with Gasteiger partial charge < -0.3 is 15.4 Å². The monoisotopic (exact) mass is 194 g/mol. The highest BCUT2D eigenvalue weighted by atomic mass is 16.5. The van der Waals surface area contributed by atoms with Crippen molar-refractivity contribution >= 4 is 5.69 Å². The highest BCUT2D eigenvalue weighted by molar-refractivity contribution is 5.50. The second-order valence-corrected chi connectivity index (χ2v) is 3.62. The summed E-state index contributed by atoms with van der Waals surface area (Å²) in [5.41, 5.74) is 7.85. The molecule has 0 aromatic heterocycles. The first kappa shape index (κ1) is 10.9. The predicted molar refractivity (Wildman–Crippen MR) is 59.7 cm³/mol. The summed E-state index contributed by atoms with van der Waals surface area (Å²) in [5, 5.41) is 0. The van der Waals surface area contributed by atoms with E-state index >= 15 is 0 Å². The molecule has 0 saturated carbocycles. The molecule has 3 nitrogen and oxygen atoms in total. The lowest BCUT2D eigenvalue weighted by Gasteiger charge is -2.11. The van der Waals surface area contributed by atoms with Crippen LogP contribution in [0.2, 0.25) is 0 Å². The van der Waals surface area contributed by atoms with Crippen LogP contribution in [0.15, 0.2) is 18.2 Å². The second-order valence-electron chi connectivity index (χ2n) is 3.62. The fourth-order valence-corrected chi connectivity index (χ4v) is 1.27. The van der Waals surface area contributed by atoms with Crippen molar-refractivity contribution < 1.29 is 4.74 Å². The lowest BCUT2D eigenvalue weighted by Crippen LogP contribution is -2.15. The summed E-state index contributed by atoms with van der Waals surface area (Å²) in [6.45, 7) is 0.997. The largest absolute Gasteiger partial charge is 0.497 e. The number of nitrogen functional groups attached to an aromatic ring is 1. The summed E-state index contributed by atoms with van der Waals surface area (Å²) in [4.78, 5) is 2.14. The SMILES string of the molecule is COc1ccc(N)c(CCN(C)C)c1. The Morgan fingerprint density at radius 2 is 2.07 bits per heavy atom. The van der Waals surface area contributed by atoms with E-state index in [0.717, 1.165) is 30.0 Å². The molecule has 0 aliphatic carbocycles. The topological polar surface area (TPSA) is 38.5 Å². The zero-order valence-electron chi connectivity index (χ0n) is 9.08. The van der Waals surface area contributed by atoms with Crippen molar-refractivity contribution in [3.63, 3.8) is 0 Å². The minimum atomic E-state index is 0.840. The molecule has 0 aliphatic rings. The summed E-state index contributed by atoms with van der Waals surface area (Å²) < 4.78 is 5.15. The van der Waals surface area contributed by atoms with Crippen molar-refractivity contribution in [2.45, 2.75) is 6.42 Å². The van der Waals surface area contributed by atoms with E-state index in [9.17, 15) is 0 Å². The number of likely N-dealkylation sites (N-methyl/N-ethyl adjacent to an activating group) is 1. The third-order valence-electron chi connectivity index (χ3n) is 2.18. The Hall–Kier alpha value is -1.22. The number of benzene rings is 1. The molecule has 1 aromatic carbocycles. The molecular formula is C11H18N2O. The number of rotatable bonds is 4. The van der Waals surface area contributed by atoms with Gasteiger partial charge in [0.25, 0.3) is 0 Å². The van der Waals surface area contributed by atoms with Crippen LogP contribution in [0.25, 0.3) is 0 Å². The summed E-state index contributed by atoms with van der Waals surface area (Å²) in [6, 6.07) is 5.77. The minimum Gasteiger partial charge on any atom is -0.497 e. The maximum absolute atomic E-state index is 5.86. The first-order valence-electron chi connectivity index (χ1n) is 4.70. The van der Waals surface area contributed by atoms with E-state index in [0.29, 0.717) is 0 Å². The number of hydrogen-bond donors (Lipinski definition) is 1. The summed E-state index contributed by atoms with van der Waals surface area (Å²) in [6.07, 6.45) is 0.954. The van der Waals surface area contributed by atoms with Crippen LogP contribution in [-0.2, 0) is 6.42 Å². The van der Waals surface area contributed by atoms with E-state index in [-0.39, 0.29) is 0 Å². The van der Waals surface area contributed by atoms with Crippen molar-refractivity contribution in [3.05, 3.63) is 23.8 Å². The van der Waals surface area contributed by atoms with Crippen LogP contribution in [0.5, 0.6) is 5.75 Å². The van der Waals surface area contributed by atoms with Crippen LogP contribution in [-0.4, -0.2) is 32.6 Å². The van der Waals surface area contributed by atoms with Gasteiger partial charge in [-0.25, -0.2) is 0 Å². The number of nitrogens with zero attached hydrogens (tertiary/aromatic N) is 1. The van der Waals surface area contributed by atoms with Crippen molar-refractivity contribution in [1.82, 2.24) is 4.90 Å². The predicted octanol–water partition coefficient (Wildman–Crippen LogP) is 1.38. The molecule has 1 aromatic rings. The second kappa shape index (κ2) is 4.86. The van der Waals surface area contributed by atoms with E-state index in [1.165, 1.54) is 0 Å². The summed E-state index contributed by atoms with van der Waals surface area (Å²) in [5.74, 6) is 0.868. The Morgan fingerprint density at radius 1 is 1.36 bits per heavy atom. The summed E-state index contributed by atoms with van der Waals surface area (Å²) in [7, 11) is 5.77. The van der Waals surface area contributed by atoms with Gasteiger partial charge in [-0.2, -0.15) is 0 Å². The van der Waals surface area contributed by atoms with Gasteiger partial charge in [0.1, 0.15) is 5.75 Å². The van der Waals surface area contributed by atoms with Crippen molar-refractivity contribution in [3.8, 4) is 5.75 Å². The fourth-order valence-electron chi connectivity index (χ4n) is 1.27. The number of ether oxygens (including phenoxy) is 1. The molecule has 0 amide bonds. The molecule has 0 spiro atoms. The number of methoxy groups -OCH3 is 1. The molecule has 0 saturated heterocycles. The van der Waals surface area contributed by atoms with Gasteiger partial charge in [-0.1, -0.05) is 0 Å². The standard InChI is InChI=1S/C11H18N2O/c1-13(2)7-6-9-8-10(14-3)4-5-11(9)12/h4-5,8H,6-7,12H2,1-3H3. The van der Waals surface area contributed by atoms with Crippen molar-refractivity contribution in [2.75, 3.05) is 33.5 Å². The quantitative estimate of drug-likeness (QED) is 0.736. The van der Waals surface area contributed by atoms with Crippen molar-refractivity contribution in [1.29, 1.82) is 0 Å². The molecule has 0 radical (unpaired) electrons. The fraction of sp³-hybridized carbons (Fsp3) is 0.455. The van der Waals surface area contributed by atoms with Crippen LogP contribution in [0, 0.1) is 0 Å². The van der Waals surface area contributed by atoms with E-state index in [1.807, 2.05) is 18.2 Å². The van der Waals surface area contributed by atoms with E-state index in [1.54, 1.807) is 7.11 Å². The Morgan fingerprint density at radius 3 is 2.64 bits per heavy atom. The summed E-state index contributed by atoms with van der Waals surface area (Å²) >= 11 is 0. The van der Waals surface area contributed by atoms with Crippen LogP contribution in [0.4, 0.5) is 5.69 Å². The molecule has 0 unspecified atom stereocenters. The highest BCUT2D eigenvalue weighted by Crippen LogP contribution is 2.19. The third-order valence-corrected chi connectivity index (χ3v) is 2.18. The van der Waals surface area contributed by atoms with Gasteiger partial charge in [0, 0.05) is 12.2 Å². The third kappa shape index (κ3) is 2.92. The van der Waals surface area contributed by atoms with Crippen LogP contribution in [0.1, 0.15) is 5.56 Å². The minimum absolute atomic E-state index is 0.840. The molecule has 1 rings (SSSR count). The van der Waals surface area contributed by atoms with Gasteiger partial charge in [-0.15, -0.1) is 0 Å². The normalized spacial score (nSPS) is 10.6. The van der Waals surface area contributed by atoms with Gasteiger partial charge in [-0.05, 0) is 44.3 Å². The van der Waals surface area contributed by atoms with Gasteiger partial charge in [0.15, 0.2) is 0 Å². The average molecular weight is 194 g/mol. The smallest absolute Gasteiger partial charge is 0.119 e. The zero-order valence-corrected chi connectivity index (χ0v) is 9.08. The zero-order chi connectivity index (χ0) is 10.6. The van der Waals surface area contributed by atoms with Gasteiger partial charge in [0.2, 0.25) is 0 Å². The van der Waals surface area contributed by atoms with E-state index in [4.69, 9.17) is 10.5 Å². The number of hydrogen-bond acceptors (Lipinski definition) is 3. The number of nitrogens with two attached hydrogens (primary N) is 1. The first-order valence-corrected chi connectivity index (χ1v) is 4.70. The van der Waals surface area contributed by atoms with Crippen LogP contribution >= 0.6 is 0 Å². The van der Waals surface area contributed by atoms with Crippen LogP contribution in [0.3, 0.4) is 0 Å². The van der Waals surface area contributed by atoms with Gasteiger partial charge in [0.05, 0.1) is 7.11 Å². The molecular weight excluding hydrogens is 176 g/mol. The Balaban J connectivity index is 2.73. The Labute approximate surface area is 85.5 Å². The van der Waals surface area contributed by atoms with Crippen LogP contribution < -0.4 is 10.5 Å². The van der Waals surface area contributed by atoms with Crippen molar-refractivity contribution in [2.24, 2.45) is 0 Å². The molecule has 14 heavy (non-hydrogen) atoms. The number of anilines is 1. The molecule has 0 bridgehead atoms. The van der Waals surface area contributed by atoms with Gasteiger partial charge in [-0.3, -0.25) is 0 Å². The maximum atomic E-state index is 5.86. The molecule has 0 heterocycles. The molecule has 0 atom stereocenters. The molecule has 2 N–H and O–H groups in total. The van der Waals surface area contributed by atoms with E-state index < -0.39 is 0 Å². The molecule has 0 aliphatic heterocycles. The van der Waals surface area contributed by atoms with E-state index in [2.05, 4.69) is 19.0 Å². The molecule has 0 fully saturated rings. The maximum Gasteiger partial charge on any atom is 0.119 e. The Kier molecular flexibility index (Phi) is 3.77. The Bertz CT molecular complexity index is 297. The lowest BCUT2D eigenvalue weighted by molar-refractivity contribution is 0.407. The molecule has 78 valence electrons. The highest BCUT2D eigenvalue weighted by Gasteiger charge is 2.01. The lowest BCUT2D eigenvalue weighted by atomic mass is 10.1. The average Bonchev–Trinajstić information content (AvgIpc) is 2.16. The first-order chi connectivity index (χ1) is 6.63.